The van der Waals surface area contributed by atoms with Crippen molar-refractivity contribution in [1.82, 2.24) is 0 Å². The van der Waals surface area contributed by atoms with Gasteiger partial charge >= 0.3 is 19.8 Å². The molecular weight excluding hydrogens is 723 g/mol. The molecule has 0 unspecified atom stereocenters. The van der Waals surface area contributed by atoms with Crippen molar-refractivity contribution in [2.75, 3.05) is 13.2 Å². The van der Waals surface area contributed by atoms with E-state index in [0.717, 1.165) is 64.2 Å². The van der Waals surface area contributed by atoms with Crippen LogP contribution in [0.1, 0.15) is 219 Å². The SMILES string of the molecule is CCC/C=C/C/C=C/C/C=C/C/C=C/CCCCCC(=O)O[C@H](COC(=O)CCCCCCCCCCCCCCCCCCCCCCC)COP(=O)(O)O. The van der Waals surface area contributed by atoms with Crippen LogP contribution < -0.4 is 0 Å². The quantitative estimate of drug-likeness (QED) is 0.0271. The van der Waals surface area contributed by atoms with E-state index >= 15 is 0 Å². The minimum Gasteiger partial charge on any atom is -0.462 e. The Balaban J connectivity index is 3.89. The van der Waals surface area contributed by atoms with Crippen molar-refractivity contribution >= 4 is 19.8 Å². The summed E-state index contributed by atoms with van der Waals surface area (Å²) in [6, 6.07) is 0. The first-order valence-corrected chi connectivity index (χ1v) is 24.5. The molecule has 56 heavy (non-hydrogen) atoms. The highest BCUT2D eigenvalue weighted by Gasteiger charge is 2.22. The summed E-state index contributed by atoms with van der Waals surface area (Å²) in [6.07, 6.45) is 52.7. The van der Waals surface area contributed by atoms with Crippen molar-refractivity contribution in [3.05, 3.63) is 48.6 Å². The number of ether oxygens (including phenoxy) is 2. The Bertz CT molecular complexity index is 1050. The smallest absolute Gasteiger partial charge is 0.462 e. The molecule has 0 aromatic rings. The summed E-state index contributed by atoms with van der Waals surface area (Å²) in [5.41, 5.74) is 0. The molecule has 0 heterocycles. The van der Waals surface area contributed by atoms with Gasteiger partial charge in [0, 0.05) is 12.8 Å². The Morgan fingerprint density at radius 3 is 1.27 bits per heavy atom. The zero-order valence-electron chi connectivity index (χ0n) is 36.0. The van der Waals surface area contributed by atoms with Gasteiger partial charge in [-0.05, 0) is 51.4 Å². The van der Waals surface area contributed by atoms with Gasteiger partial charge in [-0.1, -0.05) is 204 Å². The van der Waals surface area contributed by atoms with E-state index in [1.807, 2.05) is 0 Å². The first-order chi connectivity index (χ1) is 27.3. The maximum Gasteiger partial charge on any atom is 0.469 e. The number of hydrogen-bond donors (Lipinski definition) is 2. The second-order valence-corrected chi connectivity index (χ2v) is 16.6. The topological polar surface area (TPSA) is 119 Å². The summed E-state index contributed by atoms with van der Waals surface area (Å²) in [7, 11) is -4.77. The third-order valence-electron chi connectivity index (χ3n) is 9.83. The molecule has 0 saturated heterocycles. The summed E-state index contributed by atoms with van der Waals surface area (Å²) >= 11 is 0. The van der Waals surface area contributed by atoms with Crippen LogP contribution in [0.15, 0.2) is 48.6 Å². The molecule has 0 rings (SSSR count). The molecule has 0 aliphatic heterocycles. The highest BCUT2D eigenvalue weighted by atomic mass is 31.2. The van der Waals surface area contributed by atoms with Crippen LogP contribution in [-0.2, 0) is 28.2 Å². The molecule has 0 aromatic carbocycles. The summed E-state index contributed by atoms with van der Waals surface area (Å²) in [4.78, 5) is 42.9. The predicted molar refractivity (Wildman–Crippen MR) is 234 cm³/mol. The molecule has 0 radical (unpaired) electrons. The minimum absolute atomic E-state index is 0.175. The Morgan fingerprint density at radius 1 is 0.464 bits per heavy atom. The second-order valence-electron chi connectivity index (χ2n) is 15.4. The van der Waals surface area contributed by atoms with Gasteiger partial charge in [0.15, 0.2) is 6.10 Å². The number of phosphoric acid groups is 1. The maximum atomic E-state index is 12.4. The van der Waals surface area contributed by atoms with Crippen LogP contribution in [0.2, 0.25) is 0 Å². The lowest BCUT2D eigenvalue weighted by atomic mass is 10.0. The molecule has 0 amide bonds. The summed E-state index contributed by atoms with van der Waals surface area (Å²) in [5, 5.41) is 0. The minimum atomic E-state index is -4.77. The Morgan fingerprint density at radius 2 is 0.839 bits per heavy atom. The van der Waals surface area contributed by atoms with Crippen molar-refractivity contribution in [1.29, 1.82) is 0 Å². The Kier molecular flexibility index (Phi) is 41.1. The lowest BCUT2D eigenvalue weighted by Crippen LogP contribution is -2.29. The number of rotatable bonds is 42. The van der Waals surface area contributed by atoms with Crippen LogP contribution in [0.25, 0.3) is 0 Å². The molecule has 8 nitrogen and oxygen atoms in total. The first kappa shape index (κ1) is 54.0. The van der Waals surface area contributed by atoms with Crippen molar-refractivity contribution in [2.24, 2.45) is 0 Å². The van der Waals surface area contributed by atoms with Crippen molar-refractivity contribution in [3.8, 4) is 0 Å². The van der Waals surface area contributed by atoms with Crippen LogP contribution in [0.4, 0.5) is 0 Å². The Labute approximate surface area is 344 Å². The first-order valence-electron chi connectivity index (χ1n) is 22.9. The van der Waals surface area contributed by atoms with Crippen molar-refractivity contribution in [2.45, 2.75) is 225 Å². The number of unbranched alkanes of at least 4 members (excludes halogenated alkanes) is 24. The molecule has 326 valence electrons. The third kappa shape index (κ3) is 44.7. The molecule has 1 atom stereocenters. The van der Waals surface area contributed by atoms with Gasteiger partial charge in [0.2, 0.25) is 0 Å². The predicted octanol–water partition coefficient (Wildman–Crippen LogP) is 14.3. The average molecular weight is 809 g/mol. The number of carbonyl (C=O) groups excluding carboxylic acids is 2. The van der Waals surface area contributed by atoms with Crippen molar-refractivity contribution < 1.29 is 37.9 Å². The molecule has 0 bridgehead atoms. The molecule has 0 fully saturated rings. The lowest BCUT2D eigenvalue weighted by Gasteiger charge is -2.18. The van der Waals surface area contributed by atoms with Crippen LogP contribution in [0.5, 0.6) is 0 Å². The van der Waals surface area contributed by atoms with Crippen molar-refractivity contribution in [3.63, 3.8) is 0 Å². The van der Waals surface area contributed by atoms with E-state index in [-0.39, 0.29) is 19.4 Å². The number of allylic oxidation sites excluding steroid dienone is 8. The van der Waals surface area contributed by atoms with Gasteiger partial charge in [0.25, 0.3) is 0 Å². The molecule has 0 aliphatic carbocycles. The maximum absolute atomic E-state index is 12.4. The molecule has 0 aromatic heterocycles. The highest BCUT2D eigenvalue weighted by Crippen LogP contribution is 2.36. The van der Waals surface area contributed by atoms with Crippen LogP contribution in [0, 0.1) is 0 Å². The molecule has 9 heteroatoms. The van der Waals surface area contributed by atoms with Gasteiger partial charge in [0.05, 0.1) is 6.61 Å². The number of hydrogen-bond acceptors (Lipinski definition) is 6. The largest absolute Gasteiger partial charge is 0.469 e. The molecule has 0 aliphatic rings. The van der Waals surface area contributed by atoms with E-state index in [1.54, 1.807) is 0 Å². The van der Waals surface area contributed by atoms with E-state index in [4.69, 9.17) is 19.3 Å². The van der Waals surface area contributed by atoms with Gasteiger partial charge in [-0.3, -0.25) is 14.1 Å². The highest BCUT2D eigenvalue weighted by molar-refractivity contribution is 7.46. The van der Waals surface area contributed by atoms with Crippen LogP contribution in [-0.4, -0.2) is 41.0 Å². The van der Waals surface area contributed by atoms with Crippen LogP contribution in [0.3, 0.4) is 0 Å². The third-order valence-corrected chi connectivity index (χ3v) is 10.3. The average Bonchev–Trinajstić information content (AvgIpc) is 3.17. The monoisotopic (exact) mass is 809 g/mol. The van der Waals surface area contributed by atoms with Gasteiger partial charge in [0.1, 0.15) is 6.61 Å². The van der Waals surface area contributed by atoms with E-state index in [2.05, 4.69) is 67.0 Å². The van der Waals surface area contributed by atoms with E-state index in [9.17, 15) is 14.2 Å². The molecule has 0 spiro atoms. The number of phosphoric ester groups is 1. The fourth-order valence-electron chi connectivity index (χ4n) is 6.42. The molecular formula is C47H85O8P. The fourth-order valence-corrected chi connectivity index (χ4v) is 6.78. The summed E-state index contributed by atoms with van der Waals surface area (Å²) < 4.78 is 26.4. The molecule has 2 N–H and O–H groups in total. The number of carbonyl (C=O) groups is 2. The van der Waals surface area contributed by atoms with E-state index < -0.39 is 32.5 Å². The van der Waals surface area contributed by atoms with Crippen LogP contribution >= 0.6 is 7.82 Å². The lowest BCUT2D eigenvalue weighted by molar-refractivity contribution is -0.161. The van der Waals surface area contributed by atoms with E-state index in [1.165, 1.54) is 122 Å². The van der Waals surface area contributed by atoms with E-state index in [0.29, 0.717) is 6.42 Å². The Hall–Kier alpha value is -1.99. The summed E-state index contributed by atoms with van der Waals surface area (Å²) in [6.45, 7) is 3.62. The zero-order chi connectivity index (χ0) is 41.1. The second kappa shape index (κ2) is 42.6. The van der Waals surface area contributed by atoms with Gasteiger partial charge in [-0.15, -0.1) is 0 Å². The molecule has 0 saturated carbocycles. The number of esters is 2. The van der Waals surface area contributed by atoms with Gasteiger partial charge in [-0.25, -0.2) is 4.57 Å². The normalized spacial score (nSPS) is 12.9. The fraction of sp³-hybridized carbons (Fsp3) is 0.787. The zero-order valence-corrected chi connectivity index (χ0v) is 36.9. The van der Waals surface area contributed by atoms with Gasteiger partial charge in [-0.2, -0.15) is 0 Å². The van der Waals surface area contributed by atoms with Gasteiger partial charge < -0.3 is 19.3 Å². The standard InChI is InChI=1S/C47H85O8P/c1-3-5-7-9-11-13-15-17-19-21-22-23-24-26-27-29-31-33-35-37-39-41-46(48)53-43-45(44-54-56(50,51)52)55-47(49)42-40-38-36-34-32-30-28-25-20-18-16-14-12-10-8-6-4-2/h8,10,14,16,20,25,30,32,45H,3-7,9,11-13,15,17-19,21-24,26-29,31,33-44H2,1-2H3,(H2,50,51,52)/b10-8+,16-14+,25-20+,32-30+/t45-/m1/s1. The summed E-state index contributed by atoms with van der Waals surface area (Å²) in [5.74, 6) is -0.914.